The second-order valence-corrected chi connectivity index (χ2v) is 8.57. The van der Waals surface area contributed by atoms with Crippen LogP contribution >= 0.6 is 0 Å². The molecule has 0 saturated carbocycles. The SMILES string of the molecule is CCOc1cc(/C=C2\N=C(c3ccccc3C)OC2=O)ccc1OCC(=O)N(C(C)C)C(C)C. The Balaban J connectivity index is 1.81. The van der Waals surface area contributed by atoms with Crippen molar-refractivity contribution in [2.75, 3.05) is 13.2 Å². The normalized spacial score (nSPS) is 14.4. The average molecular weight is 465 g/mol. The monoisotopic (exact) mass is 464 g/mol. The van der Waals surface area contributed by atoms with Crippen molar-refractivity contribution < 1.29 is 23.8 Å². The van der Waals surface area contributed by atoms with Crippen LogP contribution < -0.4 is 9.47 Å². The predicted octanol–water partition coefficient (Wildman–Crippen LogP) is 4.76. The number of benzene rings is 2. The van der Waals surface area contributed by atoms with E-state index in [-0.39, 0.29) is 36.2 Å². The molecule has 3 rings (SSSR count). The maximum absolute atomic E-state index is 12.7. The van der Waals surface area contributed by atoms with E-state index in [4.69, 9.17) is 14.2 Å². The maximum Gasteiger partial charge on any atom is 0.363 e. The molecule has 2 aromatic rings. The van der Waals surface area contributed by atoms with Gasteiger partial charge in [0.25, 0.3) is 5.91 Å². The number of carbonyl (C=O) groups is 2. The Morgan fingerprint density at radius 3 is 2.41 bits per heavy atom. The van der Waals surface area contributed by atoms with Crippen LogP contribution in [-0.4, -0.2) is 48.0 Å². The van der Waals surface area contributed by atoms with Crippen LogP contribution in [0.5, 0.6) is 11.5 Å². The predicted molar refractivity (Wildman–Crippen MR) is 132 cm³/mol. The van der Waals surface area contributed by atoms with Gasteiger partial charge in [0, 0.05) is 17.6 Å². The maximum atomic E-state index is 12.7. The molecular formula is C27H32N2O5. The number of hydrogen-bond acceptors (Lipinski definition) is 6. The minimum Gasteiger partial charge on any atom is -0.490 e. The second kappa shape index (κ2) is 11.0. The Morgan fingerprint density at radius 2 is 1.76 bits per heavy atom. The number of carbonyl (C=O) groups excluding carboxylic acids is 2. The van der Waals surface area contributed by atoms with Crippen LogP contribution in [0.3, 0.4) is 0 Å². The van der Waals surface area contributed by atoms with Gasteiger partial charge in [0.05, 0.1) is 6.61 Å². The molecule has 0 saturated heterocycles. The summed E-state index contributed by atoms with van der Waals surface area (Å²) in [5.41, 5.74) is 2.65. The summed E-state index contributed by atoms with van der Waals surface area (Å²) in [6.07, 6.45) is 1.64. The smallest absolute Gasteiger partial charge is 0.363 e. The van der Waals surface area contributed by atoms with E-state index in [9.17, 15) is 9.59 Å². The largest absolute Gasteiger partial charge is 0.490 e. The molecule has 1 aliphatic heterocycles. The molecule has 7 heteroatoms. The van der Waals surface area contributed by atoms with Crippen LogP contribution in [0.2, 0.25) is 0 Å². The highest BCUT2D eigenvalue weighted by Gasteiger charge is 2.25. The van der Waals surface area contributed by atoms with Gasteiger partial charge in [-0.2, -0.15) is 0 Å². The van der Waals surface area contributed by atoms with Crippen molar-refractivity contribution in [3.8, 4) is 11.5 Å². The first-order chi connectivity index (χ1) is 16.2. The zero-order valence-corrected chi connectivity index (χ0v) is 20.6. The van der Waals surface area contributed by atoms with Crippen molar-refractivity contribution in [3.05, 3.63) is 64.9 Å². The lowest BCUT2D eigenvalue weighted by molar-refractivity contribution is -0.137. The summed E-state index contributed by atoms with van der Waals surface area (Å²) in [6, 6.07) is 13.0. The van der Waals surface area contributed by atoms with E-state index in [1.807, 2.05) is 65.8 Å². The summed E-state index contributed by atoms with van der Waals surface area (Å²) in [7, 11) is 0. The van der Waals surface area contributed by atoms with Gasteiger partial charge in [-0.05, 0) is 76.9 Å². The second-order valence-electron chi connectivity index (χ2n) is 8.57. The number of aliphatic imine (C=N–C) groups is 1. The lowest BCUT2D eigenvalue weighted by Gasteiger charge is -2.30. The Kier molecular flexibility index (Phi) is 8.10. The zero-order chi connectivity index (χ0) is 24.8. The van der Waals surface area contributed by atoms with Crippen molar-refractivity contribution in [2.45, 2.75) is 53.6 Å². The molecule has 34 heavy (non-hydrogen) atoms. The first kappa shape index (κ1) is 25.0. The van der Waals surface area contributed by atoms with E-state index in [1.165, 1.54) is 0 Å². The van der Waals surface area contributed by atoms with Crippen LogP contribution in [-0.2, 0) is 14.3 Å². The lowest BCUT2D eigenvalue weighted by Crippen LogP contribution is -2.44. The van der Waals surface area contributed by atoms with E-state index in [0.29, 0.717) is 23.7 Å². The molecule has 0 aliphatic carbocycles. The standard InChI is InChI=1S/C27H32N2O5/c1-7-32-24-15-20(12-13-23(24)33-16-25(30)29(17(2)3)18(4)5)14-22-27(31)34-26(28-22)21-11-9-8-10-19(21)6/h8-15,17-18H,7,16H2,1-6H3/b22-14-. The van der Waals surface area contributed by atoms with Gasteiger partial charge in [-0.1, -0.05) is 24.3 Å². The Labute approximate surface area is 201 Å². The summed E-state index contributed by atoms with van der Waals surface area (Å²) in [4.78, 5) is 31.2. The summed E-state index contributed by atoms with van der Waals surface area (Å²) < 4.78 is 16.9. The van der Waals surface area contributed by atoms with E-state index in [0.717, 1.165) is 11.1 Å². The van der Waals surface area contributed by atoms with Crippen molar-refractivity contribution in [3.63, 3.8) is 0 Å². The molecule has 1 heterocycles. The average Bonchev–Trinajstić information content (AvgIpc) is 3.13. The Bertz CT molecular complexity index is 1110. The fraction of sp³-hybridized carbons (Fsp3) is 0.370. The van der Waals surface area contributed by atoms with Crippen LogP contribution in [0, 0.1) is 6.92 Å². The Morgan fingerprint density at radius 1 is 1.06 bits per heavy atom. The molecule has 0 aromatic heterocycles. The molecule has 180 valence electrons. The molecule has 2 aromatic carbocycles. The first-order valence-corrected chi connectivity index (χ1v) is 11.5. The highest BCUT2D eigenvalue weighted by atomic mass is 16.6. The number of esters is 1. The summed E-state index contributed by atoms with van der Waals surface area (Å²) >= 11 is 0. The van der Waals surface area contributed by atoms with Crippen molar-refractivity contribution in [1.82, 2.24) is 4.90 Å². The number of ether oxygens (including phenoxy) is 3. The van der Waals surface area contributed by atoms with E-state index in [2.05, 4.69) is 4.99 Å². The third-order valence-corrected chi connectivity index (χ3v) is 5.32. The number of nitrogens with zero attached hydrogens (tertiary/aromatic N) is 2. The quantitative estimate of drug-likeness (QED) is 0.395. The molecule has 1 amide bonds. The topological polar surface area (TPSA) is 77.4 Å². The minimum atomic E-state index is -0.510. The summed E-state index contributed by atoms with van der Waals surface area (Å²) in [5.74, 6) is 0.635. The third-order valence-electron chi connectivity index (χ3n) is 5.32. The van der Waals surface area contributed by atoms with Crippen LogP contribution in [0.1, 0.15) is 51.3 Å². The van der Waals surface area contributed by atoms with E-state index < -0.39 is 5.97 Å². The van der Waals surface area contributed by atoms with Gasteiger partial charge in [0.2, 0.25) is 5.90 Å². The fourth-order valence-corrected chi connectivity index (χ4v) is 3.88. The van der Waals surface area contributed by atoms with E-state index in [1.54, 1.807) is 29.2 Å². The highest BCUT2D eigenvalue weighted by molar-refractivity contribution is 6.13. The molecular weight excluding hydrogens is 432 g/mol. The number of hydrogen-bond donors (Lipinski definition) is 0. The molecule has 0 N–H and O–H groups in total. The van der Waals surface area contributed by atoms with Gasteiger partial charge in [0.1, 0.15) is 0 Å². The molecule has 7 nitrogen and oxygen atoms in total. The molecule has 0 fully saturated rings. The molecule has 0 spiro atoms. The first-order valence-electron chi connectivity index (χ1n) is 11.5. The van der Waals surface area contributed by atoms with Gasteiger partial charge < -0.3 is 19.1 Å². The fourth-order valence-electron chi connectivity index (χ4n) is 3.88. The summed E-state index contributed by atoms with van der Waals surface area (Å²) in [5, 5.41) is 0. The van der Waals surface area contributed by atoms with Crippen molar-refractivity contribution >= 4 is 23.9 Å². The minimum absolute atomic E-state index is 0.0766. The molecule has 0 atom stereocenters. The lowest BCUT2D eigenvalue weighted by atomic mass is 10.1. The zero-order valence-electron chi connectivity index (χ0n) is 20.6. The van der Waals surface area contributed by atoms with Crippen LogP contribution in [0.25, 0.3) is 6.08 Å². The molecule has 1 aliphatic rings. The van der Waals surface area contributed by atoms with Gasteiger partial charge in [-0.25, -0.2) is 9.79 Å². The van der Waals surface area contributed by atoms with Gasteiger partial charge in [-0.3, -0.25) is 4.79 Å². The van der Waals surface area contributed by atoms with Gasteiger partial charge in [-0.15, -0.1) is 0 Å². The van der Waals surface area contributed by atoms with Gasteiger partial charge >= 0.3 is 5.97 Å². The highest BCUT2D eigenvalue weighted by Crippen LogP contribution is 2.30. The number of amides is 1. The van der Waals surface area contributed by atoms with Crippen molar-refractivity contribution in [1.29, 1.82) is 0 Å². The number of aryl methyl sites for hydroxylation is 1. The molecule has 0 radical (unpaired) electrons. The van der Waals surface area contributed by atoms with Crippen molar-refractivity contribution in [2.24, 2.45) is 4.99 Å². The third kappa shape index (κ3) is 5.84. The summed E-state index contributed by atoms with van der Waals surface area (Å²) in [6.45, 7) is 12.1. The number of cyclic esters (lactones) is 1. The molecule has 0 unspecified atom stereocenters. The van der Waals surface area contributed by atoms with Gasteiger partial charge in [0.15, 0.2) is 23.8 Å². The number of rotatable bonds is 9. The molecule has 0 bridgehead atoms. The van der Waals surface area contributed by atoms with Crippen LogP contribution in [0.15, 0.2) is 53.2 Å². The Hall–Kier alpha value is -3.61. The van der Waals surface area contributed by atoms with E-state index >= 15 is 0 Å². The van der Waals surface area contributed by atoms with Crippen LogP contribution in [0.4, 0.5) is 0 Å².